The highest BCUT2D eigenvalue weighted by molar-refractivity contribution is 7.91. The molecular formula is C23H28ClN3O3S. The Bertz CT molecular complexity index is 990. The Labute approximate surface area is 189 Å². The molecule has 2 aromatic rings. The van der Waals surface area contributed by atoms with E-state index >= 15 is 0 Å². The van der Waals surface area contributed by atoms with Crippen molar-refractivity contribution in [2.75, 3.05) is 49.1 Å². The van der Waals surface area contributed by atoms with E-state index in [2.05, 4.69) is 9.80 Å². The molecule has 2 aliphatic heterocycles. The zero-order valence-corrected chi connectivity index (χ0v) is 19.1. The summed E-state index contributed by atoms with van der Waals surface area (Å²) in [7, 11) is -3.08. The molecular weight excluding hydrogens is 434 g/mol. The Balaban J connectivity index is 1.36. The maximum atomic E-state index is 13.3. The lowest BCUT2D eigenvalue weighted by Crippen LogP contribution is -2.51. The lowest BCUT2D eigenvalue weighted by atomic mass is 10.1. The van der Waals surface area contributed by atoms with Crippen molar-refractivity contribution in [2.24, 2.45) is 0 Å². The summed E-state index contributed by atoms with van der Waals surface area (Å²) in [4.78, 5) is 19.5. The van der Waals surface area contributed by atoms with Crippen LogP contribution in [0.1, 0.15) is 12.0 Å². The Kier molecular flexibility index (Phi) is 6.96. The van der Waals surface area contributed by atoms with Gasteiger partial charge in [-0.2, -0.15) is 0 Å². The number of halogens is 1. The van der Waals surface area contributed by atoms with Crippen molar-refractivity contribution in [3.8, 4) is 0 Å². The van der Waals surface area contributed by atoms with Crippen LogP contribution in [0.2, 0.25) is 5.02 Å². The van der Waals surface area contributed by atoms with Crippen molar-refractivity contribution in [1.82, 2.24) is 9.80 Å². The van der Waals surface area contributed by atoms with Gasteiger partial charge in [-0.3, -0.25) is 14.6 Å². The van der Waals surface area contributed by atoms with Gasteiger partial charge in [-0.15, -0.1) is 0 Å². The topological polar surface area (TPSA) is 60.9 Å². The van der Waals surface area contributed by atoms with Gasteiger partial charge in [0.25, 0.3) is 0 Å². The molecule has 1 amide bonds. The number of nitrogens with zero attached hydrogens (tertiary/aromatic N) is 3. The third-order valence-electron chi connectivity index (χ3n) is 6.02. The lowest BCUT2D eigenvalue weighted by molar-refractivity contribution is -0.120. The fourth-order valence-corrected chi connectivity index (χ4v) is 6.17. The van der Waals surface area contributed by atoms with Crippen molar-refractivity contribution in [3.63, 3.8) is 0 Å². The van der Waals surface area contributed by atoms with Crippen LogP contribution in [0, 0.1) is 0 Å². The first-order valence-electron chi connectivity index (χ1n) is 10.7. The Hall–Kier alpha value is -1.93. The molecule has 0 bridgehead atoms. The molecule has 31 heavy (non-hydrogen) atoms. The molecule has 0 radical (unpaired) electrons. The van der Waals surface area contributed by atoms with Gasteiger partial charge in [0.2, 0.25) is 5.91 Å². The molecule has 0 aromatic heterocycles. The molecule has 2 aliphatic rings. The minimum absolute atomic E-state index is 0.0283. The molecule has 1 unspecified atom stereocenters. The molecule has 2 aromatic carbocycles. The summed E-state index contributed by atoms with van der Waals surface area (Å²) in [5.74, 6) is 0.166. The van der Waals surface area contributed by atoms with Crippen molar-refractivity contribution in [3.05, 3.63) is 65.2 Å². The van der Waals surface area contributed by atoms with Gasteiger partial charge in [0.1, 0.15) is 0 Å². The monoisotopic (exact) mass is 461 g/mol. The van der Waals surface area contributed by atoms with E-state index in [0.717, 1.165) is 43.4 Å². The third kappa shape index (κ3) is 5.86. The minimum atomic E-state index is -3.08. The number of hydrogen-bond donors (Lipinski definition) is 0. The molecule has 4 rings (SSSR count). The number of piperazine rings is 1. The summed E-state index contributed by atoms with van der Waals surface area (Å²) in [5.41, 5.74) is 2.00. The zero-order valence-electron chi connectivity index (χ0n) is 17.5. The number of para-hydroxylation sites is 1. The number of carbonyl (C=O) groups is 1. The van der Waals surface area contributed by atoms with Crippen LogP contribution in [-0.4, -0.2) is 74.4 Å². The van der Waals surface area contributed by atoms with Gasteiger partial charge in [0, 0.05) is 43.4 Å². The first-order chi connectivity index (χ1) is 14.9. The van der Waals surface area contributed by atoms with E-state index in [1.165, 1.54) is 5.56 Å². The maximum Gasteiger partial charge on any atom is 0.241 e. The highest BCUT2D eigenvalue weighted by atomic mass is 35.5. The number of benzene rings is 2. The molecule has 0 N–H and O–H groups in total. The standard InChI is InChI=1S/C23H28ClN3O3S/c24-20-8-6-19(7-9-20)16-25-11-13-26(14-12-25)17-23(28)27(21-4-2-1-3-5-21)22-10-15-31(29,30)18-22/h1-9,22H,10-18H2. The predicted molar refractivity (Wildman–Crippen MR) is 124 cm³/mol. The molecule has 166 valence electrons. The van der Waals surface area contributed by atoms with Gasteiger partial charge < -0.3 is 4.90 Å². The van der Waals surface area contributed by atoms with E-state index in [4.69, 9.17) is 11.6 Å². The number of sulfone groups is 1. The van der Waals surface area contributed by atoms with Gasteiger partial charge in [-0.25, -0.2) is 8.42 Å². The van der Waals surface area contributed by atoms with Crippen LogP contribution in [-0.2, 0) is 21.2 Å². The van der Waals surface area contributed by atoms with Crippen molar-refractivity contribution in [1.29, 1.82) is 0 Å². The molecule has 0 aliphatic carbocycles. The van der Waals surface area contributed by atoms with Crippen molar-refractivity contribution >= 4 is 33.0 Å². The summed E-state index contributed by atoms with van der Waals surface area (Å²) in [5, 5.41) is 0.741. The second kappa shape index (κ2) is 9.69. The van der Waals surface area contributed by atoms with Gasteiger partial charge >= 0.3 is 0 Å². The Morgan fingerprint density at radius 1 is 0.968 bits per heavy atom. The second-order valence-corrected chi connectivity index (χ2v) is 11.0. The largest absolute Gasteiger partial charge is 0.307 e. The number of carbonyl (C=O) groups excluding carboxylic acids is 1. The summed E-state index contributed by atoms with van der Waals surface area (Å²) in [6.07, 6.45) is 0.498. The zero-order chi connectivity index (χ0) is 21.8. The highest BCUT2D eigenvalue weighted by Gasteiger charge is 2.36. The van der Waals surface area contributed by atoms with E-state index in [-0.39, 0.29) is 23.5 Å². The maximum absolute atomic E-state index is 13.3. The average molecular weight is 462 g/mol. The van der Waals surface area contributed by atoms with Gasteiger partial charge in [0.05, 0.1) is 24.1 Å². The third-order valence-corrected chi connectivity index (χ3v) is 8.02. The van der Waals surface area contributed by atoms with Crippen LogP contribution in [0.3, 0.4) is 0 Å². The first-order valence-corrected chi connectivity index (χ1v) is 12.9. The fraction of sp³-hybridized carbons (Fsp3) is 0.435. The normalized spacial score (nSPS) is 21.8. The molecule has 2 heterocycles. The SMILES string of the molecule is O=C(CN1CCN(Cc2ccc(Cl)cc2)CC1)N(c1ccccc1)C1CCS(=O)(=O)C1. The second-order valence-electron chi connectivity index (χ2n) is 8.33. The minimum Gasteiger partial charge on any atom is -0.307 e. The molecule has 8 heteroatoms. The van der Waals surface area contributed by atoms with Crippen LogP contribution >= 0.6 is 11.6 Å². The smallest absolute Gasteiger partial charge is 0.241 e. The summed E-state index contributed by atoms with van der Waals surface area (Å²) >= 11 is 5.96. The van der Waals surface area contributed by atoms with E-state index in [9.17, 15) is 13.2 Å². The molecule has 2 fully saturated rings. The van der Waals surface area contributed by atoms with Crippen molar-refractivity contribution in [2.45, 2.75) is 19.0 Å². The van der Waals surface area contributed by atoms with E-state index in [1.807, 2.05) is 54.6 Å². The summed E-state index contributed by atoms with van der Waals surface area (Å²) in [6, 6.07) is 17.1. The van der Waals surface area contributed by atoms with E-state index in [0.29, 0.717) is 13.0 Å². The molecule has 0 spiro atoms. The molecule has 2 saturated heterocycles. The Morgan fingerprint density at radius 2 is 1.61 bits per heavy atom. The summed E-state index contributed by atoms with van der Waals surface area (Å²) < 4.78 is 24.1. The highest BCUT2D eigenvalue weighted by Crippen LogP contribution is 2.25. The first kappa shape index (κ1) is 22.3. The van der Waals surface area contributed by atoms with Gasteiger partial charge in [0.15, 0.2) is 9.84 Å². The average Bonchev–Trinajstić information content (AvgIpc) is 3.11. The van der Waals surface area contributed by atoms with E-state index in [1.54, 1.807) is 4.90 Å². The van der Waals surface area contributed by atoms with E-state index < -0.39 is 9.84 Å². The van der Waals surface area contributed by atoms with Crippen LogP contribution in [0.25, 0.3) is 0 Å². The van der Waals surface area contributed by atoms with Crippen LogP contribution in [0.4, 0.5) is 5.69 Å². The predicted octanol–water partition coefficient (Wildman–Crippen LogP) is 2.68. The quantitative estimate of drug-likeness (QED) is 0.662. The number of rotatable bonds is 6. The summed E-state index contributed by atoms with van der Waals surface area (Å²) in [6.45, 7) is 4.57. The number of hydrogen-bond acceptors (Lipinski definition) is 5. The van der Waals surface area contributed by atoms with Gasteiger partial charge in [-0.1, -0.05) is 41.9 Å². The lowest BCUT2D eigenvalue weighted by Gasteiger charge is -2.36. The number of anilines is 1. The van der Waals surface area contributed by atoms with Crippen LogP contribution in [0.5, 0.6) is 0 Å². The fourth-order valence-electron chi connectivity index (χ4n) is 4.35. The van der Waals surface area contributed by atoms with Gasteiger partial charge in [-0.05, 0) is 36.2 Å². The molecule has 1 atom stereocenters. The molecule has 0 saturated carbocycles. The number of amides is 1. The van der Waals surface area contributed by atoms with Crippen molar-refractivity contribution < 1.29 is 13.2 Å². The Morgan fingerprint density at radius 3 is 2.23 bits per heavy atom. The van der Waals surface area contributed by atoms with Crippen LogP contribution < -0.4 is 4.90 Å². The molecule has 6 nitrogen and oxygen atoms in total. The van der Waals surface area contributed by atoms with Crippen LogP contribution in [0.15, 0.2) is 54.6 Å².